The number of hydrogen-bond donors (Lipinski definition) is 3. The van der Waals surface area contributed by atoms with Gasteiger partial charge in [0.1, 0.15) is 19.3 Å². The third-order valence-electron chi connectivity index (χ3n) is 8.52. The molecule has 0 saturated heterocycles. The Hall–Kier alpha value is -5.26. The fourth-order valence-electron chi connectivity index (χ4n) is 5.77. The number of nitrogens with zero attached hydrogens (tertiary/aromatic N) is 1. The van der Waals surface area contributed by atoms with E-state index in [9.17, 15) is 24.3 Å². The topological polar surface area (TPSA) is 144 Å². The molecule has 0 saturated carbocycles. The number of nitrogens with one attached hydrogen (secondary N) is 2. The van der Waals surface area contributed by atoms with Gasteiger partial charge in [0.2, 0.25) is 11.8 Å². The first kappa shape index (κ1) is 38.5. The number of alkyl carbamates (subject to hydrolysis) is 1. The van der Waals surface area contributed by atoms with Gasteiger partial charge in [-0.05, 0) is 41.5 Å². The van der Waals surface area contributed by atoms with Crippen LogP contribution in [0.5, 0.6) is 0 Å². The fourth-order valence-corrected chi connectivity index (χ4v) is 5.77. The quantitative estimate of drug-likeness (QED) is 0.122. The van der Waals surface area contributed by atoms with Crippen molar-refractivity contribution < 1.29 is 38.5 Å². The number of amides is 3. The maximum atomic E-state index is 13.7. The van der Waals surface area contributed by atoms with Crippen molar-refractivity contribution in [3.05, 3.63) is 132 Å². The van der Waals surface area contributed by atoms with Gasteiger partial charge >= 0.3 is 12.1 Å². The number of esters is 1. The SMILES string of the molecule is C=CC[C@H](CC(=O)N1Cc2ccccc2C[C@H]1CO)C(=O)N[C@@H](COCc1ccccc1)COC(=O)[C@@H](CC=C)NC(=O)OCc1ccccc1. The van der Waals surface area contributed by atoms with Crippen LogP contribution in [0.25, 0.3) is 0 Å². The third kappa shape index (κ3) is 12.2. The average molecular weight is 698 g/mol. The van der Waals surface area contributed by atoms with Gasteiger partial charge in [-0.25, -0.2) is 9.59 Å². The zero-order valence-electron chi connectivity index (χ0n) is 28.8. The summed E-state index contributed by atoms with van der Waals surface area (Å²) < 4.78 is 16.8. The molecule has 11 heteroatoms. The number of aliphatic hydroxyl groups excluding tert-OH is 1. The van der Waals surface area contributed by atoms with Crippen molar-refractivity contribution in [1.29, 1.82) is 0 Å². The van der Waals surface area contributed by atoms with Gasteiger partial charge in [-0.3, -0.25) is 9.59 Å². The van der Waals surface area contributed by atoms with Crippen LogP contribution in [0, 0.1) is 5.92 Å². The lowest BCUT2D eigenvalue weighted by Crippen LogP contribution is -2.49. The summed E-state index contributed by atoms with van der Waals surface area (Å²) in [5, 5.41) is 15.5. The molecule has 0 bridgehead atoms. The van der Waals surface area contributed by atoms with Crippen molar-refractivity contribution in [3.63, 3.8) is 0 Å². The fraction of sp³-hybridized carbons (Fsp3) is 0.350. The molecule has 0 aliphatic carbocycles. The summed E-state index contributed by atoms with van der Waals surface area (Å²) in [7, 11) is 0. The van der Waals surface area contributed by atoms with Gasteiger partial charge in [-0.1, -0.05) is 97.1 Å². The molecule has 4 rings (SSSR count). The Morgan fingerprint density at radius 2 is 1.43 bits per heavy atom. The molecule has 1 aliphatic heterocycles. The summed E-state index contributed by atoms with van der Waals surface area (Å²) in [4.78, 5) is 54.6. The van der Waals surface area contributed by atoms with Crippen molar-refractivity contribution in [2.75, 3.05) is 19.8 Å². The Kier molecular flexibility index (Phi) is 15.4. The minimum atomic E-state index is -1.08. The lowest BCUT2D eigenvalue weighted by atomic mass is 9.92. The highest BCUT2D eigenvalue weighted by Gasteiger charge is 2.33. The molecular weight excluding hydrogens is 650 g/mol. The Morgan fingerprint density at radius 3 is 2.08 bits per heavy atom. The Labute approximate surface area is 299 Å². The first-order chi connectivity index (χ1) is 24.8. The molecule has 0 unspecified atom stereocenters. The van der Waals surface area contributed by atoms with Gasteiger partial charge in [0.15, 0.2) is 0 Å². The molecule has 1 heterocycles. The van der Waals surface area contributed by atoms with Crippen molar-refractivity contribution in [3.8, 4) is 0 Å². The minimum absolute atomic E-state index is 0.00314. The van der Waals surface area contributed by atoms with E-state index >= 15 is 0 Å². The summed E-state index contributed by atoms with van der Waals surface area (Å²) in [6.45, 7) is 7.61. The Bertz CT molecular complexity index is 1600. The van der Waals surface area contributed by atoms with E-state index in [1.807, 2.05) is 84.9 Å². The van der Waals surface area contributed by atoms with Crippen molar-refractivity contribution >= 4 is 23.9 Å². The highest BCUT2D eigenvalue weighted by Crippen LogP contribution is 2.25. The molecule has 11 nitrogen and oxygen atoms in total. The first-order valence-corrected chi connectivity index (χ1v) is 17.1. The predicted molar refractivity (Wildman–Crippen MR) is 192 cm³/mol. The van der Waals surface area contributed by atoms with E-state index in [4.69, 9.17) is 14.2 Å². The first-order valence-electron chi connectivity index (χ1n) is 17.1. The van der Waals surface area contributed by atoms with E-state index in [0.29, 0.717) is 13.0 Å². The Balaban J connectivity index is 1.39. The van der Waals surface area contributed by atoms with Crippen LogP contribution in [-0.4, -0.2) is 71.8 Å². The highest BCUT2D eigenvalue weighted by molar-refractivity contribution is 5.86. The summed E-state index contributed by atoms with van der Waals surface area (Å²) >= 11 is 0. The van der Waals surface area contributed by atoms with Crippen LogP contribution in [0.4, 0.5) is 4.79 Å². The number of carbonyl (C=O) groups excluding carboxylic acids is 4. The Morgan fingerprint density at radius 1 is 0.804 bits per heavy atom. The number of hydrogen-bond acceptors (Lipinski definition) is 8. The maximum absolute atomic E-state index is 13.7. The predicted octanol–water partition coefficient (Wildman–Crippen LogP) is 4.63. The van der Waals surface area contributed by atoms with Crippen molar-refractivity contribution in [2.24, 2.45) is 5.92 Å². The number of ether oxygens (including phenoxy) is 3. The van der Waals surface area contributed by atoms with E-state index in [2.05, 4.69) is 23.8 Å². The number of carbonyl (C=O) groups is 4. The monoisotopic (exact) mass is 697 g/mol. The minimum Gasteiger partial charge on any atom is -0.462 e. The average Bonchev–Trinajstić information content (AvgIpc) is 3.15. The summed E-state index contributed by atoms with van der Waals surface area (Å²) in [6, 6.07) is 24.1. The van der Waals surface area contributed by atoms with Crippen molar-refractivity contribution in [2.45, 2.75) is 63.6 Å². The standard InChI is InChI=1S/C40H47N3O8/c1-3-13-32(22-37(45)43-23-33-20-12-11-19-31(33)21-35(43)24-44)38(46)41-34(27-49-25-29-15-7-5-8-16-29)28-50-39(47)36(14-4-2)42-40(48)51-26-30-17-9-6-10-18-30/h3-12,15-20,32,34-36,44H,1-2,13-14,21-28H2,(H,41,46)(H,42,48)/t32-,34+,35+,36-/m1/s1. The number of allylic oxidation sites excluding steroid dienone is 1. The molecule has 0 fully saturated rings. The lowest BCUT2D eigenvalue weighted by molar-refractivity contribution is -0.148. The van der Waals surface area contributed by atoms with Crippen LogP contribution >= 0.6 is 0 Å². The molecule has 1 aliphatic rings. The van der Waals surface area contributed by atoms with E-state index in [-0.39, 0.29) is 58.2 Å². The van der Waals surface area contributed by atoms with Gasteiger partial charge in [-0.2, -0.15) is 0 Å². The van der Waals surface area contributed by atoms with Crippen LogP contribution in [0.15, 0.2) is 110 Å². The van der Waals surface area contributed by atoms with Gasteiger partial charge in [0.25, 0.3) is 0 Å². The molecule has 0 aromatic heterocycles. The molecule has 3 aromatic carbocycles. The lowest BCUT2D eigenvalue weighted by Gasteiger charge is -2.36. The molecular formula is C40H47N3O8. The molecule has 0 radical (unpaired) electrons. The third-order valence-corrected chi connectivity index (χ3v) is 8.52. The van der Waals surface area contributed by atoms with Gasteiger partial charge < -0.3 is 34.9 Å². The molecule has 4 atom stereocenters. The van der Waals surface area contributed by atoms with Crippen molar-refractivity contribution in [1.82, 2.24) is 15.5 Å². The number of rotatable bonds is 19. The van der Waals surface area contributed by atoms with E-state index in [0.717, 1.165) is 22.3 Å². The smallest absolute Gasteiger partial charge is 0.408 e. The van der Waals surface area contributed by atoms with Gasteiger partial charge in [0, 0.05) is 13.0 Å². The molecule has 3 amide bonds. The second-order valence-corrected chi connectivity index (χ2v) is 12.4. The molecule has 3 aromatic rings. The zero-order chi connectivity index (χ0) is 36.4. The summed E-state index contributed by atoms with van der Waals surface area (Å²) in [5.41, 5.74) is 3.80. The number of benzene rings is 3. The van der Waals surface area contributed by atoms with Crippen LogP contribution in [0.2, 0.25) is 0 Å². The summed E-state index contributed by atoms with van der Waals surface area (Å²) in [6.07, 6.45) is 2.98. The van der Waals surface area contributed by atoms with Crippen LogP contribution in [0.1, 0.15) is 41.5 Å². The second kappa shape index (κ2) is 20.4. The van der Waals surface area contributed by atoms with Crippen LogP contribution in [-0.2, 0) is 54.8 Å². The maximum Gasteiger partial charge on any atom is 0.408 e. The van der Waals surface area contributed by atoms with Gasteiger partial charge in [0.05, 0.1) is 37.8 Å². The molecule has 0 spiro atoms. The van der Waals surface area contributed by atoms with E-state index in [1.54, 1.807) is 11.0 Å². The van der Waals surface area contributed by atoms with Crippen LogP contribution in [0.3, 0.4) is 0 Å². The number of aliphatic hydroxyl groups is 1. The van der Waals surface area contributed by atoms with Gasteiger partial charge in [-0.15, -0.1) is 13.2 Å². The zero-order valence-corrected chi connectivity index (χ0v) is 28.8. The molecule has 270 valence electrons. The highest BCUT2D eigenvalue weighted by atomic mass is 16.6. The normalized spacial score (nSPS) is 15.3. The number of fused-ring (bicyclic) bond motifs is 1. The van der Waals surface area contributed by atoms with E-state index < -0.39 is 42.0 Å². The van der Waals surface area contributed by atoms with Crippen LogP contribution < -0.4 is 10.6 Å². The summed E-state index contributed by atoms with van der Waals surface area (Å²) in [5.74, 6) is -2.21. The molecule has 51 heavy (non-hydrogen) atoms. The largest absolute Gasteiger partial charge is 0.462 e. The second-order valence-electron chi connectivity index (χ2n) is 12.4. The van der Waals surface area contributed by atoms with E-state index in [1.165, 1.54) is 6.08 Å². The molecule has 3 N–H and O–H groups in total.